The SMILES string of the molecule is CC[NH+]1CCN(C(=O)/C=C/c2ccc(Br)cc2)CC1. The zero-order valence-electron chi connectivity index (χ0n) is 11.2. The number of nitrogens with zero attached hydrogens (tertiary/aromatic N) is 1. The van der Waals surface area contributed by atoms with E-state index in [2.05, 4.69) is 22.9 Å². The highest BCUT2D eigenvalue weighted by atomic mass is 79.9. The fraction of sp³-hybridized carbons (Fsp3) is 0.400. The van der Waals surface area contributed by atoms with Crippen LogP contribution in [-0.4, -0.2) is 43.5 Å². The number of quaternary nitrogens is 1. The lowest BCUT2D eigenvalue weighted by Gasteiger charge is -2.30. The van der Waals surface area contributed by atoms with Gasteiger partial charge in [0.05, 0.1) is 32.7 Å². The second kappa shape index (κ2) is 6.87. The van der Waals surface area contributed by atoms with Crippen molar-refractivity contribution in [2.75, 3.05) is 32.7 Å². The van der Waals surface area contributed by atoms with Crippen LogP contribution in [0.5, 0.6) is 0 Å². The fourth-order valence-electron chi connectivity index (χ4n) is 2.24. The van der Waals surface area contributed by atoms with Crippen LogP contribution in [0.15, 0.2) is 34.8 Å². The summed E-state index contributed by atoms with van der Waals surface area (Å²) in [7, 11) is 0. The Kier molecular flexibility index (Phi) is 5.16. The molecule has 0 unspecified atom stereocenters. The Labute approximate surface area is 123 Å². The van der Waals surface area contributed by atoms with Crippen molar-refractivity contribution in [1.82, 2.24) is 4.90 Å². The van der Waals surface area contributed by atoms with Crippen molar-refractivity contribution in [3.8, 4) is 0 Å². The summed E-state index contributed by atoms with van der Waals surface area (Å²) < 4.78 is 1.05. The van der Waals surface area contributed by atoms with E-state index in [0.717, 1.165) is 42.8 Å². The van der Waals surface area contributed by atoms with Gasteiger partial charge in [0.25, 0.3) is 0 Å². The molecule has 2 rings (SSSR count). The van der Waals surface area contributed by atoms with Crippen molar-refractivity contribution in [2.24, 2.45) is 0 Å². The van der Waals surface area contributed by atoms with Crippen LogP contribution >= 0.6 is 15.9 Å². The number of benzene rings is 1. The molecule has 1 fully saturated rings. The maximum Gasteiger partial charge on any atom is 0.246 e. The molecule has 0 aromatic heterocycles. The lowest BCUT2D eigenvalue weighted by Crippen LogP contribution is -3.14. The number of halogens is 1. The van der Waals surface area contributed by atoms with Crippen LogP contribution in [-0.2, 0) is 4.79 Å². The van der Waals surface area contributed by atoms with Crippen LogP contribution < -0.4 is 4.90 Å². The summed E-state index contributed by atoms with van der Waals surface area (Å²) in [6, 6.07) is 7.95. The molecule has 1 N–H and O–H groups in total. The van der Waals surface area contributed by atoms with Gasteiger partial charge in [-0.15, -0.1) is 0 Å². The minimum Gasteiger partial charge on any atom is -0.332 e. The molecule has 1 amide bonds. The third kappa shape index (κ3) is 4.18. The van der Waals surface area contributed by atoms with Crippen molar-refractivity contribution in [3.05, 3.63) is 40.4 Å². The summed E-state index contributed by atoms with van der Waals surface area (Å²) in [4.78, 5) is 15.6. The first kappa shape index (κ1) is 14.3. The van der Waals surface area contributed by atoms with Crippen molar-refractivity contribution in [1.29, 1.82) is 0 Å². The number of piperazine rings is 1. The summed E-state index contributed by atoms with van der Waals surface area (Å²) >= 11 is 3.40. The average Bonchev–Trinajstić information content (AvgIpc) is 2.46. The highest BCUT2D eigenvalue weighted by Gasteiger charge is 2.20. The first-order valence-electron chi connectivity index (χ1n) is 6.75. The number of nitrogens with one attached hydrogen (secondary N) is 1. The molecule has 0 saturated carbocycles. The Hall–Kier alpha value is -1.13. The molecule has 3 nitrogen and oxygen atoms in total. The van der Waals surface area contributed by atoms with Gasteiger partial charge in [-0.25, -0.2) is 0 Å². The van der Waals surface area contributed by atoms with Crippen LogP contribution in [0.3, 0.4) is 0 Å². The second-order valence-electron chi connectivity index (χ2n) is 4.81. The predicted molar refractivity (Wildman–Crippen MR) is 81.0 cm³/mol. The van der Waals surface area contributed by atoms with E-state index in [1.54, 1.807) is 11.0 Å². The van der Waals surface area contributed by atoms with Crippen molar-refractivity contribution in [2.45, 2.75) is 6.92 Å². The first-order valence-corrected chi connectivity index (χ1v) is 7.54. The van der Waals surface area contributed by atoms with E-state index in [1.165, 1.54) is 0 Å². The van der Waals surface area contributed by atoms with E-state index in [1.807, 2.05) is 35.2 Å². The monoisotopic (exact) mass is 323 g/mol. The number of rotatable bonds is 3. The van der Waals surface area contributed by atoms with Crippen LogP contribution in [0.4, 0.5) is 0 Å². The Morgan fingerprint density at radius 3 is 2.53 bits per heavy atom. The minimum atomic E-state index is 0.123. The van der Waals surface area contributed by atoms with Crippen LogP contribution in [0, 0.1) is 0 Å². The van der Waals surface area contributed by atoms with Gasteiger partial charge < -0.3 is 9.80 Å². The number of hydrogen-bond donors (Lipinski definition) is 1. The zero-order chi connectivity index (χ0) is 13.7. The summed E-state index contributed by atoms with van der Waals surface area (Å²) in [5, 5.41) is 0. The summed E-state index contributed by atoms with van der Waals surface area (Å²) in [5.74, 6) is 0.123. The van der Waals surface area contributed by atoms with Gasteiger partial charge in [-0.1, -0.05) is 28.1 Å². The Bertz CT molecular complexity index is 448. The van der Waals surface area contributed by atoms with Gasteiger partial charge in [-0.3, -0.25) is 4.79 Å². The molecule has 0 bridgehead atoms. The van der Waals surface area contributed by atoms with Gasteiger partial charge in [0.2, 0.25) is 5.91 Å². The van der Waals surface area contributed by atoms with Gasteiger partial charge in [0, 0.05) is 10.5 Å². The largest absolute Gasteiger partial charge is 0.332 e. The highest BCUT2D eigenvalue weighted by molar-refractivity contribution is 9.10. The van der Waals surface area contributed by atoms with E-state index >= 15 is 0 Å². The predicted octanol–water partition coefficient (Wildman–Crippen LogP) is 1.21. The molecule has 19 heavy (non-hydrogen) atoms. The zero-order valence-corrected chi connectivity index (χ0v) is 12.8. The molecule has 1 heterocycles. The Morgan fingerprint density at radius 1 is 1.32 bits per heavy atom. The van der Waals surface area contributed by atoms with Crippen molar-refractivity contribution in [3.63, 3.8) is 0 Å². The summed E-state index contributed by atoms with van der Waals surface area (Å²) in [6.07, 6.45) is 3.56. The van der Waals surface area contributed by atoms with E-state index in [-0.39, 0.29) is 5.91 Å². The highest BCUT2D eigenvalue weighted by Crippen LogP contribution is 2.11. The third-order valence-electron chi connectivity index (χ3n) is 3.57. The molecule has 0 radical (unpaired) electrons. The molecule has 1 saturated heterocycles. The maximum atomic E-state index is 12.1. The van der Waals surface area contributed by atoms with Gasteiger partial charge in [-0.05, 0) is 30.7 Å². The number of carbonyl (C=O) groups excluding carboxylic acids is 1. The normalized spacial score (nSPS) is 17.1. The topological polar surface area (TPSA) is 24.8 Å². The number of amides is 1. The average molecular weight is 324 g/mol. The van der Waals surface area contributed by atoms with Gasteiger partial charge in [0.1, 0.15) is 0 Å². The molecular formula is C15H20BrN2O+. The Morgan fingerprint density at radius 2 is 1.95 bits per heavy atom. The molecule has 1 aromatic carbocycles. The lowest BCUT2D eigenvalue weighted by atomic mass is 10.2. The lowest BCUT2D eigenvalue weighted by molar-refractivity contribution is -0.902. The molecule has 1 aliphatic heterocycles. The maximum absolute atomic E-state index is 12.1. The molecular weight excluding hydrogens is 304 g/mol. The van der Waals surface area contributed by atoms with Crippen molar-refractivity contribution >= 4 is 27.9 Å². The molecule has 0 atom stereocenters. The van der Waals surface area contributed by atoms with Crippen LogP contribution in [0.1, 0.15) is 12.5 Å². The first-order chi connectivity index (χ1) is 9.19. The summed E-state index contributed by atoms with van der Waals surface area (Å²) in [6.45, 7) is 7.21. The smallest absolute Gasteiger partial charge is 0.246 e. The number of hydrogen-bond acceptors (Lipinski definition) is 1. The minimum absolute atomic E-state index is 0.123. The van der Waals surface area contributed by atoms with Crippen molar-refractivity contribution < 1.29 is 9.69 Å². The van der Waals surface area contributed by atoms with E-state index < -0.39 is 0 Å². The summed E-state index contributed by atoms with van der Waals surface area (Å²) in [5.41, 5.74) is 1.05. The molecule has 1 aromatic rings. The fourth-order valence-corrected chi connectivity index (χ4v) is 2.51. The molecule has 0 spiro atoms. The standard InChI is InChI=1S/C15H19BrN2O/c1-2-17-9-11-18(12-10-17)15(19)8-5-13-3-6-14(16)7-4-13/h3-8H,2,9-12H2,1H3/p+1/b8-5+. The van der Waals surface area contributed by atoms with Crippen LogP contribution in [0.2, 0.25) is 0 Å². The van der Waals surface area contributed by atoms with Gasteiger partial charge in [-0.2, -0.15) is 0 Å². The second-order valence-corrected chi connectivity index (χ2v) is 5.73. The van der Waals surface area contributed by atoms with E-state index in [4.69, 9.17) is 0 Å². The van der Waals surface area contributed by atoms with Crippen LogP contribution in [0.25, 0.3) is 6.08 Å². The number of likely N-dealkylation sites (N-methyl/N-ethyl adjacent to an activating group) is 1. The van der Waals surface area contributed by atoms with E-state index in [0.29, 0.717) is 0 Å². The molecule has 4 heteroatoms. The van der Waals surface area contributed by atoms with Gasteiger partial charge in [0.15, 0.2) is 0 Å². The molecule has 0 aliphatic carbocycles. The molecule has 1 aliphatic rings. The van der Waals surface area contributed by atoms with E-state index in [9.17, 15) is 4.79 Å². The number of carbonyl (C=O) groups is 1. The van der Waals surface area contributed by atoms with Gasteiger partial charge >= 0.3 is 0 Å². The Balaban J connectivity index is 1.89. The molecule has 102 valence electrons. The third-order valence-corrected chi connectivity index (χ3v) is 4.10. The quantitative estimate of drug-likeness (QED) is 0.831.